The summed E-state index contributed by atoms with van der Waals surface area (Å²) in [4.78, 5) is 0. The van der Waals surface area contributed by atoms with Gasteiger partial charge in [-0.25, -0.2) is 0 Å². The van der Waals surface area contributed by atoms with Gasteiger partial charge in [0.25, 0.3) is 0 Å². The van der Waals surface area contributed by atoms with E-state index in [1.165, 1.54) is 22.2 Å². The van der Waals surface area contributed by atoms with Crippen LogP contribution in [0.25, 0.3) is 16.5 Å². The Bertz CT molecular complexity index is 864. The number of para-hydroxylation sites is 1. The molecule has 0 spiro atoms. The smallest absolute Gasteiger partial charge is 0.118 e. The fraction of sp³-hybridized carbons (Fsp3) is 0.250. The summed E-state index contributed by atoms with van der Waals surface area (Å²) in [6, 6.07) is 17.0. The molecule has 2 aromatic carbocycles. The van der Waals surface area contributed by atoms with Crippen molar-refractivity contribution in [2.24, 2.45) is 0 Å². The number of nitrogens with zero attached hydrogens (tertiary/aromatic N) is 1. The van der Waals surface area contributed by atoms with Crippen LogP contribution < -0.4 is 10.1 Å². The topological polar surface area (TPSA) is 49.9 Å². The minimum Gasteiger partial charge on any atom is -0.497 e. The third-order valence-corrected chi connectivity index (χ3v) is 4.67. The van der Waals surface area contributed by atoms with E-state index in [-0.39, 0.29) is 0 Å². The van der Waals surface area contributed by atoms with E-state index in [1.807, 2.05) is 24.3 Å². The van der Waals surface area contributed by atoms with Gasteiger partial charge in [0.2, 0.25) is 0 Å². The molecule has 0 fully saturated rings. The molecule has 0 saturated carbocycles. The summed E-state index contributed by atoms with van der Waals surface area (Å²) < 4.78 is 5.25. The maximum Gasteiger partial charge on any atom is 0.118 e. The monoisotopic (exact) mass is 319 g/mol. The van der Waals surface area contributed by atoms with Crippen LogP contribution in [0.15, 0.2) is 54.6 Å². The van der Waals surface area contributed by atoms with Gasteiger partial charge in [0.1, 0.15) is 5.75 Å². The third kappa shape index (κ3) is 2.93. The minimum absolute atomic E-state index is 0.413. The second kappa shape index (κ2) is 6.49. The fourth-order valence-corrected chi connectivity index (χ4v) is 3.37. The predicted molar refractivity (Wildman–Crippen MR) is 97.2 cm³/mol. The summed E-state index contributed by atoms with van der Waals surface area (Å²) in [7, 11) is 1.70. The first-order chi connectivity index (χ1) is 11.8. The number of methoxy groups -OCH3 is 1. The fourth-order valence-electron chi connectivity index (χ4n) is 3.37. The molecular formula is C20H21N3O. The Labute approximate surface area is 141 Å². The van der Waals surface area contributed by atoms with Crippen molar-refractivity contribution in [2.45, 2.75) is 18.9 Å². The molecule has 1 unspecified atom stereocenters. The highest BCUT2D eigenvalue weighted by Crippen LogP contribution is 2.26. The number of H-pyrrole nitrogens is 1. The Morgan fingerprint density at radius 2 is 1.96 bits per heavy atom. The summed E-state index contributed by atoms with van der Waals surface area (Å²) in [6.45, 7) is 0.901. The van der Waals surface area contributed by atoms with Crippen LogP contribution in [-0.4, -0.2) is 29.9 Å². The van der Waals surface area contributed by atoms with E-state index in [0.29, 0.717) is 6.04 Å². The van der Waals surface area contributed by atoms with Crippen LogP contribution in [0.5, 0.6) is 5.75 Å². The average molecular weight is 319 g/mol. The Kier molecular flexibility index (Phi) is 4.05. The van der Waals surface area contributed by atoms with E-state index in [9.17, 15) is 0 Å². The van der Waals surface area contributed by atoms with E-state index < -0.39 is 0 Å². The number of aromatic nitrogens is 2. The summed E-state index contributed by atoms with van der Waals surface area (Å²) in [5.41, 5.74) is 4.91. The SMILES string of the molecule is COc1ccc(C2=CCNC(Cc3[nH]nc4ccccc34)C2)cc1. The van der Waals surface area contributed by atoms with Crippen molar-refractivity contribution in [3.05, 3.63) is 65.9 Å². The summed E-state index contributed by atoms with van der Waals surface area (Å²) in [5, 5.41) is 12.4. The lowest BCUT2D eigenvalue weighted by atomic mass is 9.92. The molecule has 1 aromatic heterocycles. The van der Waals surface area contributed by atoms with Gasteiger partial charge < -0.3 is 10.1 Å². The van der Waals surface area contributed by atoms with Gasteiger partial charge in [0.05, 0.1) is 12.6 Å². The number of rotatable bonds is 4. The summed E-state index contributed by atoms with van der Waals surface area (Å²) in [5.74, 6) is 0.897. The highest BCUT2D eigenvalue weighted by Gasteiger charge is 2.18. The van der Waals surface area contributed by atoms with Gasteiger partial charge in [-0.1, -0.05) is 36.4 Å². The molecule has 0 aliphatic carbocycles. The van der Waals surface area contributed by atoms with Crippen molar-refractivity contribution in [3.8, 4) is 5.75 Å². The largest absolute Gasteiger partial charge is 0.497 e. The van der Waals surface area contributed by atoms with Crippen LogP contribution in [0.1, 0.15) is 17.7 Å². The van der Waals surface area contributed by atoms with Crippen LogP contribution in [-0.2, 0) is 6.42 Å². The zero-order valence-electron chi connectivity index (χ0n) is 13.8. The molecule has 1 atom stereocenters. The average Bonchev–Trinajstić information content (AvgIpc) is 3.05. The van der Waals surface area contributed by atoms with Crippen molar-refractivity contribution in [3.63, 3.8) is 0 Å². The molecule has 0 saturated heterocycles. The standard InChI is InChI=1S/C20H21N3O/c1-24-17-8-6-14(7-9-17)15-10-11-21-16(12-15)13-20-18-4-2-3-5-19(18)22-23-20/h2-10,16,21H,11-13H2,1H3,(H,22,23). The van der Waals surface area contributed by atoms with Crippen LogP contribution in [0, 0.1) is 0 Å². The highest BCUT2D eigenvalue weighted by molar-refractivity contribution is 5.81. The molecule has 24 heavy (non-hydrogen) atoms. The molecule has 4 rings (SSSR count). The van der Waals surface area contributed by atoms with Gasteiger partial charge in [-0.15, -0.1) is 0 Å². The quantitative estimate of drug-likeness (QED) is 0.773. The number of fused-ring (bicyclic) bond motifs is 1. The van der Waals surface area contributed by atoms with E-state index in [0.717, 1.165) is 30.7 Å². The van der Waals surface area contributed by atoms with Crippen LogP contribution in [0.2, 0.25) is 0 Å². The molecule has 4 heteroatoms. The summed E-state index contributed by atoms with van der Waals surface area (Å²) in [6.07, 6.45) is 4.25. The third-order valence-electron chi connectivity index (χ3n) is 4.67. The van der Waals surface area contributed by atoms with E-state index in [1.54, 1.807) is 7.11 Å². The zero-order chi connectivity index (χ0) is 16.4. The first-order valence-electron chi connectivity index (χ1n) is 8.32. The number of ether oxygens (including phenoxy) is 1. The van der Waals surface area contributed by atoms with Gasteiger partial charge in [0.15, 0.2) is 0 Å². The zero-order valence-corrected chi connectivity index (χ0v) is 13.8. The molecule has 2 heterocycles. The van der Waals surface area contributed by atoms with Gasteiger partial charge >= 0.3 is 0 Å². The maximum atomic E-state index is 5.25. The van der Waals surface area contributed by atoms with Gasteiger partial charge in [-0.2, -0.15) is 5.10 Å². The Morgan fingerprint density at radius 1 is 1.12 bits per heavy atom. The van der Waals surface area contributed by atoms with Crippen LogP contribution in [0.4, 0.5) is 0 Å². The Morgan fingerprint density at radius 3 is 2.79 bits per heavy atom. The molecule has 0 bridgehead atoms. The molecule has 3 aromatic rings. The van der Waals surface area contributed by atoms with Crippen molar-refractivity contribution < 1.29 is 4.74 Å². The van der Waals surface area contributed by atoms with Gasteiger partial charge in [-0.05, 0) is 35.8 Å². The number of hydrogen-bond donors (Lipinski definition) is 2. The molecule has 4 nitrogen and oxygen atoms in total. The van der Waals surface area contributed by atoms with Gasteiger partial charge in [-0.3, -0.25) is 5.10 Å². The first kappa shape index (κ1) is 15.0. The Balaban J connectivity index is 1.50. The van der Waals surface area contributed by atoms with Crippen molar-refractivity contribution in [1.29, 1.82) is 0 Å². The first-order valence-corrected chi connectivity index (χ1v) is 8.32. The van der Waals surface area contributed by atoms with Gasteiger partial charge in [0, 0.05) is 30.1 Å². The number of aromatic amines is 1. The summed E-state index contributed by atoms with van der Waals surface area (Å²) >= 11 is 0. The van der Waals surface area contributed by atoms with E-state index >= 15 is 0 Å². The number of nitrogens with one attached hydrogen (secondary N) is 2. The molecule has 0 radical (unpaired) electrons. The van der Waals surface area contributed by atoms with Crippen molar-refractivity contribution >= 4 is 16.5 Å². The number of benzene rings is 2. The number of hydrogen-bond acceptors (Lipinski definition) is 3. The lowest BCUT2D eigenvalue weighted by Gasteiger charge is -2.24. The lowest BCUT2D eigenvalue weighted by Crippen LogP contribution is -2.34. The minimum atomic E-state index is 0.413. The second-order valence-corrected chi connectivity index (χ2v) is 6.19. The molecule has 122 valence electrons. The molecule has 2 N–H and O–H groups in total. The van der Waals surface area contributed by atoms with Crippen LogP contribution in [0.3, 0.4) is 0 Å². The maximum absolute atomic E-state index is 5.25. The molecule has 1 aliphatic rings. The molecule has 1 aliphatic heterocycles. The molecule has 0 amide bonds. The normalized spacial score (nSPS) is 17.7. The predicted octanol–water partition coefficient (Wildman–Crippen LogP) is 3.56. The van der Waals surface area contributed by atoms with Crippen molar-refractivity contribution in [1.82, 2.24) is 15.5 Å². The lowest BCUT2D eigenvalue weighted by molar-refractivity contribution is 0.414. The van der Waals surface area contributed by atoms with E-state index in [4.69, 9.17) is 4.74 Å². The molecular weight excluding hydrogens is 298 g/mol. The second-order valence-electron chi connectivity index (χ2n) is 6.19. The van der Waals surface area contributed by atoms with Crippen molar-refractivity contribution in [2.75, 3.05) is 13.7 Å². The van der Waals surface area contributed by atoms with E-state index in [2.05, 4.69) is 45.9 Å². The van der Waals surface area contributed by atoms with Crippen LogP contribution >= 0.6 is 0 Å². The Hall–Kier alpha value is -2.59. The highest BCUT2D eigenvalue weighted by atomic mass is 16.5.